The van der Waals surface area contributed by atoms with Crippen molar-refractivity contribution < 1.29 is 19.1 Å². The first-order valence-electron chi connectivity index (χ1n) is 7.20. The molecule has 0 aliphatic heterocycles. The fraction of sp³-hybridized carbons (Fsp3) is 0.158. The molecule has 2 aromatic rings. The van der Waals surface area contributed by atoms with E-state index in [1.807, 2.05) is 42.5 Å². The van der Waals surface area contributed by atoms with Crippen molar-refractivity contribution in [3.05, 3.63) is 77.4 Å². The molecule has 3 rings (SSSR count). The number of hydrogen-bond donors (Lipinski definition) is 0. The Morgan fingerprint density at radius 2 is 1.39 bits per heavy atom. The molecule has 0 spiro atoms. The van der Waals surface area contributed by atoms with E-state index in [0.717, 1.165) is 16.7 Å². The standard InChI is InChI=1S/C19H16O4/c1-22-17(20)19(18(21)23-2)12-15(13-8-4-3-5-9-13)14-10-6-7-11-16(14)19/h3-12H,1-2H3. The molecule has 0 atom stereocenters. The van der Waals surface area contributed by atoms with E-state index in [9.17, 15) is 9.59 Å². The first-order chi connectivity index (χ1) is 11.1. The molecule has 23 heavy (non-hydrogen) atoms. The van der Waals surface area contributed by atoms with Crippen molar-refractivity contribution in [3.63, 3.8) is 0 Å². The summed E-state index contributed by atoms with van der Waals surface area (Å²) in [6, 6.07) is 16.9. The molecule has 4 nitrogen and oxygen atoms in total. The number of methoxy groups -OCH3 is 2. The summed E-state index contributed by atoms with van der Waals surface area (Å²) in [5.41, 5.74) is 1.59. The van der Waals surface area contributed by atoms with Gasteiger partial charge in [0, 0.05) is 0 Å². The summed E-state index contributed by atoms with van der Waals surface area (Å²) < 4.78 is 9.83. The Morgan fingerprint density at radius 1 is 0.826 bits per heavy atom. The van der Waals surface area contributed by atoms with Crippen molar-refractivity contribution >= 4 is 17.5 Å². The number of benzene rings is 2. The van der Waals surface area contributed by atoms with Crippen LogP contribution in [0.15, 0.2) is 60.7 Å². The van der Waals surface area contributed by atoms with E-state index in [-0.39, 0.29) is 0 Å². The van der Waals surface area contributed by atoms with Crippen molar-refractivity contribution in [2.75, 3.05) is 14.2 Å². The minimum atomic E-state index is -1.56. The second kappa shape index (κ2) is 5.72. The Bertz CT molecular complexity index is 774. The largest absolute Gasteiger partial charge is 0.468 e. The van der Waals surface area contributed by atoms with Gasteiger partial charge in [0.1, 0.15) is 0 Å². The van der Waals surface area contributed by atoms with Crippen molar-refractivity contribution in [1.29, 1.82) is 0 Å². The van der Waals surface area contributed by atoms with Crippen LogP contribution in [-0.4, -0.2) is 26.2 Å². The van der Waals surface area contributed by atoms with Gasteiger partial charge in [0.15, 0.2) is 0 Å². The van der Waals surface area contributed by atoms with Crippen LogP contribution in [0.3, 0.4) is 0 Å². The number of hydrogen-bond acceptors (Lipinski definition) is 4. The summed E-state index contributed by atoms with van der Waals surface area (Å²) >= 11 is 0. The molecule has 0 unspecified atom stereocenters. The van der Waals surface area contributed by atoms with Crippen molar-refractivity contribution in [3.8, 4) is 0 Å². The summed E-state index contributed by atoms with van der Waals surface area (Å²) in [5.74, 6) is -1.30. The van der Waals surface area contributed by atoms with E-state index in [4.69, 9.17) is 9.47 Å². The minimum absolute atomic E-state index is 0.581. The molecule has 0 N–H and O–H groups in total. The lowest BCUT2D eigenvalue weighted by Gasteiger charge is -2.22. The monoisotopic (exact) mass is 308 g/mol. The van der Waals surface area contributed by atoms with Crippen LogP contribution in [-0.2, 0) is 24.5 Å². The van der Waals surface area contributed by atoms with E-state index in [2.05, 4.69) is 0 Å². The van der Waals surface area contributed by atoms with Gasteiger partial charge >= 0.3 is 11.9 Å². The lowest BCUT2D eigenvalue weighted by molar-refractivity contribution is -0.158. The lowest BCUT2D eigenvalue weighted by Crippen LogP contribution is -2.42. The predicted molar refractivity (Wildman–Crippen MR) is 85.7 cm³/mol. The molecule has 1 aliphatic rings. The smallest absolute Gasteiger partial charge is 0.331 e. The molecule has 2 aromatic carbocycles. The molecule has 0 bridgehead atoms. The van der Waals surface area contributed by atoms with Crippen LogP contribution < -0.4 is 0 Å². The van der Waals surface area contributed by atoms with Gasteiger partial charge in [-0.3, -0.25) is 9.59 Å². The van der Waals surface area contributed by atoms with E-state index in [0.29, 0.717) is 5.56 Å². The Morgan fingerprint density at radius 3 is 2.00 bits per heavy atom. The van der Waals surface area contributed by atoms with Crippen LogP contribution >= 0.6 is 0 Å². The van der Waals surface area contributed by atoms with Crippen LogP contribution in [0.5, 0.6) is 0 Å². The zero-order chi connectivity index (χ0) is 16.4. The van der Waals surface area contributed by atoms with E-state index < -0.39 is 17.4 Å². The topological polar surface area (TPSA) is 52.6 Å². The maximum atomic E-state index is 12.5. The van der Waals surface area contributed by atoms with Crippen LogP contribution in [0.1, 0.15) is 16.7 Å². The normalized spacial score (nSPS) is 14.6. The average Bonchev–Trinajstić information content (AvgIpc) is 2.97. The predicted octanol–water partition coefficient (Wildman–Crippen LogP) is 2.72. The van der Waals surface area contributed by atoms with Crippen LogP contribution in [0.4, 0.5) is 0 Å². The number of rotatable bonds is 3. The highest BCUT2D eigenvalue weighted by Gasteiger charge is 2.53. The van der Waals surface area contributed by atoms with Gasteiger partial charge in [-0.05, 0) is 28.3 Å². The summed E-state index contributed by atoms with van der Waals surface area (Å²) in [6.45, 7) is 0. The Balaban J connectivity index is 2.31. The summed E-state index contributed by atoms with van der Waals surface area (Å²) in [4.78, 5) is 25.0. The lowest BCUT2D eigenvalue weighted by atomic mass is 9.82. The highest BCUT2D eigenvalue weighted by atomic mass is 16.5. The van der Waals surface area contributed by atoms with Gasteiger partial charge in [-0.25, -0.2) is 0 Å². The third-order valence-corrected chi connectivity index (χ3v) is 4.10. The Kier molecular flexibility index (Phi) is 3.74. The summed E-state index contributed by atoms with van der Waals surface area (Å²) in [7, 11) is 2.54. The molecule has 0 saturated carbocycles. The summed E-state index contributed by atoms with van der Waals surface area (Å²) in [6.07, 6.45) is 1.64. The SMILES string of the molecule is COC(=O)C1(C(=O)OC)C=C(c2ccccc2)c2ccccc21. The second-order valence-electron chi connectivity index (χ2n) is 5.26. The number of ether oxygens (including phenoxy) is 2. The van der Waals surface area contributed by atoms with Gasteiger partial charge in [-0.1, -0.05) is 54.6 Å². The van der Waals surface area contributed by atoms with Crippen LogP contribution in [0.2, 0.25) is 0 Å². The summed E-state index contributed by atoms with van der Waals surface area (Å²) in [5, 5.41) is 0. The fourth-order valence-electron chi connectivity index (χ4n) is 3.03. The number of fused-ring (bicyclic) bond motifs is 1. The third kappa shape index (κ3) is 2.14. The molecule has 0 saturated heterocycles. The van der Waals surface area contributed by atoms with E-state index in [1.54, 1.807) is 18.2 Å². The number of carbonyl (C=O) groups is 2. The molecule has 0 radical (unpaired) electrons. The van der Waals surface area contributed by atoms with Gasteiger partial charge in [-0.15, -0.1) is 0 Å². The molecular formula is C19H16O4. The maximum Gasteiger partial charge on any atom is 0.331 e. The third-order valence-electron chi connectivity index (χ3n) is 4.10. The van der Waals surface area contributed by atoms with Crippen LogP contribution in [0, 0.1) is 0 Å². The highest BCUT2D eigenvalue weighted by molar-refractivity contribution is 6.14. The zero-order valence-corrected chi connectivity index (χ0v) is 12.9. The van der Waals surface area contributed by atoms with Gasteiger partial charge in [0.05, 0.1) is 14.2 Å². The molecule has 0 aromatic heterocycles. The molecular weight excluding hydrogens is 292 g/mol. The Labute approximate surface area is 134 Å². The molecule has 0 heterocycles. The van der Waals surface area contributed by atoms with Gasteiger partial charge in [-0.2, -0.15) is 0 Å². The van der Waals surface area contributed by atoms with Gasteiger partial charge < -0.3 is 9.47 Å². The van der Waals surface area contributed by atoms with Gasteiger partial charge in [0.2, 0.25) is 5.41 Å². The maximum absolute atomic E-state index is 12.5. The van der Waals surface area contributed by atoms with Gasteiger partial charge in [0.25, 0.3) is 0 Å². The minimum Gasteiger partial charge on any atom is -0.468 e. The first kappa shape index (κ1) is 15.0. The zero-order valence-electron chi connectivity index (χ0n) is 12.9. The van der Waals surface area contributed by atoms with E-state index in [1.165, 1.54) is 14.2 Å². The molecule has 4 heteroatoms. The highest BCUT2D eigenvalue weighted by Crippen LogP contribution is 2.44. The quantitative estimate of drug-likeness (QED) is 0.646. The average molecular weight is 308 g/mol. The Hall–Kier alpha value is -2.88. The molecule has 0 fully saturated rings. The fourth-order valence-corrected chi connectivity index (χ4v) is 3.03. The van der Waals surface area contributed by atoms with Crippen LogP contribution in [0.25, 0.3) is 5.57 Å². The first-order valence-corrected chi connectivity index (χ1v) is 7.20. The van der Waals surface area contributed by atoms with Crippen molar-refractivity contribution in [2.45, 2.75) is 5.41 Å². The van der Waals surface area contributed by atoms with Crippen molar-refractivity contribution in [1.82, 2.24) is 0 Å². The van der Waals surface area contributed by atoms with Crippen molar-refractivity contribution in [2.24, 2.45) is 0 Å². The number of esters is 2. The van der Waals surface area contributed by atoms with E-state index >= 15 is 0 Å². The molecule has 1 aliphatic carbocycles. The second-order valence-corrected chi connectivity index (χ2v) is 5.26. The molecule has 116 valence electrons. The molecule has 0 amide bonds. The number of carbonyl (C=O) groups excluding carboxylic acids is 2.